The van der Waals surface area contributed by atoms with Crippen LogP contribution in [-0.4, -0.2) is 31.9 Å². The first kappa shape index (κ1) is 14.3. The van der Waals surface area contributed by atoms with Gasteiger partial charge in [0, 0.05) is 30.2 Å². The monoisotopic (exact) mass is 330 g/mol. The summed E-state index contributed by atoms with van der Waals surface area (Å²) in [5.74, 6) is 1.13. The van der Waals surface area contributed by atoms with E-state index in [9.17, 15) is 4.79 Å². The van der Waals surface area contributed by atoms with Crippen molar-refractivity contribution in [2.24, 2.45) is 0 Å². The molecule has 0 unspecified atom stereocenters. The summed E-state index contributed by atoms with van der Waals surface area (Å²) in [4.78, 5) is 22.7. The zero-order chi connectivity index (χ0) is 16.8. The standard InChI is InChI=1S/C20H18N4O/c25-20(11-14-12-21-16-6-2-1-5-15(14)16)23-9-10-24-18-8-4-3-7-17(18)22-19(24)13-23/h1-8,12,21H,9-11,13H2. The summed E-state index contributed by atoms with van der Waals surface area (Å²) >= 11 is 0. The fourth-order valence-electron chi connectivity index (χ4n) is 3.73. The topological polar surface area (TPSA) is 53.9 Å². The molecule has 5 rings (SSSR count). The molecule has 0 aliphatic carbocycles. The molecule has 124 valence electrons. The van der Waals surface area contributed by atoms with Crippen molar-refractivity contribution in [1.29, 1.82) is 0 Å². The van der Waals surface area contributed by atoms with E-state index in [0.717, 1.165) is 46.4 Å². The fraction of sp³-hybridized carbons (Fsp3) is 0.200. The van der Waals surface area contributed by atoms with Crippen molar-refractivity contribution in [3.05, 3.63) is 66.1 Å². The lowest BCUT2D eigenvalue weighted by atomic mass is 10.1. The number of nitrogens with zero attached hydrogens (tertiary/aromatic N) is 3. The van der Waals surface area contributed by atoms with Gasteiger partial charge >= 0.3 is 0 Å². The Kier molecular flexibility index (Phi) is 3.13. The van der Waals surface area contributed by atoms with Crippen LogP contribution < -0.4 is 0 Å². The van der Waals surface area contributed by atoms with Crippen LogP contribution >= 0.6 is 0 Å². The third kappa shape index (κ3) is 2.31. The molecule has 3 heterocycles. The van der Waals surface area contributed by atoms with E-state index in [4.69, 9.17) is 4.98 Å². The number of rotatable bonds is 2. The highest BCUT2D eigenvalue weighted by atomic mass is 16.2. The Morgan fingerprint density at radius 1 is 1.08 bits per heavy atom. The highest BCUT2D eigenvalue weighted by Gasteiger charge is 2.24. The van der Waals surface area contributed by atoms with Crippen molar-refractivity contribution in [2.75, 3.05) is 6.54 Å². The van der Waals surface area contributed by atoms with Crippen molar-refractivity contribution in [2.45, 2.75) is 19.5 Å². The van der Waals surface area contributed by atoms with Gasteiger partial charge in [0.2, 0.25) is 5.91 Å². The predicted molar refractivity (Wildman–Crippen MR) is 97.2 cm³/mol. The molecule has 2 aromatic carbocycles. The molecule has 1 amide bonds. The second-order valence-electron chi connectivity index (χ2n) is 6.52. The zero-order valence-corrected chi connectivity index (χ0v) is 13.8. The summed E-state index contributed by atoms with van der Waals surface area (Å²) in [6, 6.07) is 16.3. The number of benzene rings is 2. The number of imidazole rings is 1. The average molecular weight is 330 g/mol. The van der Waals surface area contributed by atoms with Crippen molar-refractivity contribution in [3.8, 4) is 0 Å². The van der Waals surface area contributed by atoms with Gasteiger partial charge in [-0.2, -0.15) is 0 Å². The summed E-state index contributed by atoms with van der Waals surface area (Å²) in [7, 11) is 0. The Bertz CT molecular complexity index is 1090. The Morgan fingerprint density at radius 2 is 1.92 bits per heavy atom. The Hall–Kier alpha value is -3.08. The number of carbonyl (C=O) groups excluding carboxylic acids is 1. The molecule has 2 aromatic heterocycles. The molecule has 5 heteroatoms. The van der Waals surface area contributed by atoms with Crippen LogP contribution in [0.1, 0.15) is 11.4 Å². The summed E-state index contributed by atoms with van der Waals surface area (Å²) in [5.41, 5.74) is 4.29. The van der Waals surface area contributed by atoms with Gasteiger partial charge in [-0.1, -0.05) is 30.3 Å². The maximum Gasteiger partial charge on any atom is 0.227 e. The minimum Gasteiger partial charge on any atom is -0.361 e. The van der Waals surface area contributed by atoms with E-state index in [1.165, 1.54) is 0 Å². The maximum atomic E-state index is 12.8. The lowest BCUT2D eigenvalue weighted by Gasteiger charge is -2.28. The summed E-state index contributed by atoms with van der Waals surface area (Å²) in [5, 5.41) is 1.13. The number of carbonyl (C=O) groups is 1. The van der Waals surface area contributed by atoms with Gasteiger partial charge in [-0.05, 0) is 23.8 Å². The second kappa shape index (κ2) is 5.48. The van der Waals surface area contributed by atoms with Crippen LogP contribution in [0.15, 0.2) is 54.7 Å². The lowest BCUT2D eigenvalue weighted by molar-refractivity contribution is -0.131. The molecule has 1 aliphatic rings. The molecular formula is C20H18N4O. The number of aromatic nitrogens is 3. The SMILES string of the molecule is O=C(Cc1c[nH]c2ccccc12)N1CCn2c(nc3ccccc32)C1. The van der Waals surface area contributed by atoms with E-state index in [-0.39, 0.29) is 5.91 Å². The van der Waals surface area contributed by atoms with Gasteiger partial charge in [-0.25, -0.2) is 4.98 Å². The Morgan fingerprint density at radius 3 is 2.88 bits per heavy atom. The number of para-hydroxylation sites is 3. The molecule has 25 heavy (non-hydrogen) atoms. The molecular weight excluding hydrogens is 312 g/mol. The average Bonchev–Trinajstić information content (AvgIpc) is 3.22. The van der Waals surface area contributed by atoms with Crippen molar-refractivity contribution < 1.29 is 4.79 Å². The first-order valence-electron chi connectivity index (χ1n) is 8.56. The number of hydrogen-bond acceptors (Lipinski definition) is 2. The number of nitrogens with one attached hydrogen (secondary N) is 1. The van der Waals surface area contributed by atoms with Crippen LogP contribution in [0.3, 0.4) is 0 Å². The molecule has 0 bridgehead atoms. The number of amides is 1. The quantitative estimate of drug-likeness (QED) is 0.614. The Labute approximate surface area is 144 Å². The zero-order valence-electron chi connectivity index (χ0n) is 13.8. The van der Waals surface area contributed by atoms with E-state index < -0.39 is 0 Å². The van der Waals surface area contributed by atoms with Crippen LogP contribution in [-0.2, 0) is 24.3 Å². The number of H-pyrrole nitrogens is 1. The van der Waals surface area contributed by atoms with Gasteiger partial charge in [-0.15, -0.1) is 0 Å². The molecule has 0 radical (unpaired) electrons. The molecule has 1 N–H and O–H groups in total. The van der Waals surface area contributed by atoms with Crippen LogP contribution in [0.2, 0.25) is 0 Å². The number of aromatic amines is 1. The normalized spacial score (nSPS) is 14.2. The van der Waals surface area contributed by atoms with Gasteiger partial charge in [-0.3, -0.25) is 4.79 Å². The molecule has 0 atom stereocenters. The molecule has 1 aliphatic heterocycles. The van der Waals surface area contributed by atoms with Gasteiger partial charge < -0.3 is 14.5 Å². The van der Waals surface area contributed by atoms with Crippen molar-refractivity contribution in [3.63, 3.8) is 0 Å². The number of fused-ring (bicyclic) bond motifs is 4. The first-order valence-corrected chi connectivity index (χ1v) is 8.56. The minimum absolute atomic E-state index is 0.156. The summed E-state index contributed by atoms with van der Waals surface area (Å²) in [6.45, 7) is 2.11. The first-order chi connectivity index (χ1) is 12.3. The van der Waals surface area contributed by atoms with Crippen LogP contribution in [0.25, 0.3) is 21.9 Å². The van der Waals surface area contributed by atoms with Crippen LogP contribution in [0.4, 0.5) is 0 Å². The van der Waals surface area contributed by atoms with E-state index in [1.54, 1.807) is 0 Å². The van der Waals surface area contributed by atoms with Crippen molar-refractivity contribution in [1.82, 2.24) is 19.4 Å². The minimum atomic E-state index is 0.156. The highest BCUT2D eigenvalue weighted by Crippen LogP contribution is 2.23. The Balaban J connectivity index is 1.40. The van der Waals surface area contributed by atoms with Crippen LogP contribution in [0.5, 0.6) is 0 Å². The summed E-state index contributed by atoms with van der Waals surface area (Å²) in [6.07, 6.45) is 2.37. The smallest absolute Gasteiger partial charge is 0.227 e. The van der Waals surface area contributed by atoms with Gasteiger partial charge in [0.05, 0.1) is 24.0 Å². The van der Waals surface area contributed by atoms with E-state index >= 15 is 0 Å². The van der Waals surface area contributed by atoms with Gasteiger partial charge in [0.25, 0.3) is 0 Å². The largest absolute Gasteiger partial charge is 0.361 e. The van der Waals surface area contributed by atoms with E-state index in [1.807, 2.05) is 47.5 Å². The van der Waals surface area contributed by atoms with E-state index in [2.05, 4.69) is 21.7 Å². The predicted octanol–water partition coefficient (Wildman–Crippen LogP) is 3.10. The maximum absolute atomic E-state index is 12.8. The fourth-order valence-corrected chi connectivity index (χ4v) is 3.73. The molecule has 0 spiro atoms. The highest BCUT2D eigenvalue weighted by molar-refractivity contribution is 5.89. The van der Waals surface area contributed by atoms with Gasteiger partial charge in [0.1, 0.15) is 5.82 Å². The second-order valence-corrected chi connectivity index (χ2v) is 6.52. The van der Waals surface area contributed by atoms with Gasteiger partial charge in [0.15, 0.2) is 0 Å². The molecule has 4 aromatic rings. The van der Waals surface area contributed by atoms with Crippen molar-refractivity contribution >= 4 is 27.8 Å². The molecule has 0 saturated heterocycles. The third-order valence-electron chi connectivity index (χ3n) is 5.03. The summed E-state index contributed by atoms with van der Waals surface area (Å²) < 4.78 is 2.23. The molecule has 0 fully saturated rings. The van der Waals surface area contributed by atoms with Crippen LogP contribution in [0, 0.1) is 0 Å². The lowest BCUT2D eigenvalue weighted by Crippen LogP contribution is -2.39. The molecule has 5 nitrogen and oxygen atoms in total. The third-order valence-corrected chi connectivity index (χ3v) is 5.03. The molecule has 0 saturated carbocycles. The number of hydrogen-bond donors (Lipinski definition) is 1. The van der Waals surface area contributed by atoms with E-state index in [0.29, 0.717) is 13.0 Å².